The number of nitrogens with zero attached hydrogens (tertiary/aromatic N) is 6. The van der Waals surface area contributed by atoms with Crippen LogP contribution >= 0.6 is 0 Å². The minimum absolute atomic E-state index is 0.476. The molecule has 1 saturated heterocycles. The minimum atomic E-state index is 0.476. The van der Waals surface area contributed by atoms with Crippen LogP contribution in [0.1, 0.15) is 30.0 Å². The first kappa shape index (κ1) is 14.8. The van der Waals surface area contributed by atoms with Crippen molar-refractivity contribution >= 4 is 5.95 Å². The van der Waals surface area contributed by atoms with Crippen LogP contribution in [0.5, 0.6) is 0 Å². The van der Waals surface area contributed by atoms with Crippen molar-refractivity contribution in [2.24, 2.45) is 0 Å². The summed E-state index contributed by atoms with van der Waals surface area (Å²) in [5, 5.41) is 0. The lowest BCUT2D eigenvalue weighted by Gasteiger charge is -2.32. The van der Waals surface area contributed by atoms with Gasteiger partial charge in [-0.2, -0.15) is 0 Å². The Kier molecular flexibility index (Phi) is 4.58. The summed E-state index contributed by atoms with van der Waals surface area (Å²) in [6.45, 7) is 3.03. The van der Waals surface area contributed by atoms with E-state index in [-0.39, 0.29) is 0 Å². The van der Waals surface area contributed by atoms with Crippen LogP contribution in [0.15, 0.2) is 31.0 Å². The monoisotopic (exact) mass is 298 g/mol. The maximum Gasteiger partial charge on any atom is 0.224 e. The molecule has 0 spiro atoms. The number of aromatic nitrogens is 4. The van der Waals surface area contributed by atoms with E-state index in [0.29, 0.717) is 5.92 Å². The topological polar surface area (TPSA) is 58.0 Å². The van der Waals surface area contributed by atoms with Crippen molar-refractivity contribution in [2.75, 3.05) is 32.1 Å². The number of anilines is 1. The zero-order valence-corrected chi connectivity index (χ0v) is 13.2. The molecule has 6 heteroatoms. The molecule has 2 aromatic heterocycles. The fourth-order valence-electron chi connectivity index (χ4n) is 2.88. The normalized spacial score (nSPS) is 19.1. The highest BCUT2D eigenvalue weighted by Gasteiger charge is 2.22. The van der Waals surface area contributed by atoms with E-state index < -0.39 is 0 Å². The number of piperidine rings is 1. The van der Waals surface area contributed by atoms with Gasteiger partial charge in [-0.15, -0.1) is 0 Å². The molecule has 0 aromatic carbocycles. The average Bonchev–Trinajstić information content (AvgIpc) is 2.56. The number of hydrogen-bond acceptors (Lipinski definition) is 6. The highest BCUT2D eigenvalue weighted by atomic mass is 15.2. The van der Waals surface area contributed by atoms with Gasteiger partial charge in [0, 0.05) is 69.7 Å². The van der Waals surface area contributed by atoms with Crippen LogP contribution in [0.25, 0.3) is 0 Å². The van der Waals surface area contributed by atoms with E-state index in [2.05, 4.69) is 24.8 Å². The highest BCUT2D eigenvalue weighted by molar-refractivity contribution is 5.26. The average molecular weight is 298 g/mol. The van der Waals surface area contributed by atoms with Crippen LogP contribution in [0, 0.1) is 0 Å². The zero-order valence-electron chi connectivity index (χ0n) is 13.2. The third-order valence-electron chi connectivity index (χ3n) is 4.00. The molecule has 0 unspecified atom stereocenters. The lowest BCUT2D eigenvalue weighted by atomic mass is 9.95. The Morgan fingerprint density at radius 3 is 2.64 bits per heavy atom. The molecule has 2 aromatic rings. The van der Waals surface area contributed by atoms with Gasteiger partial charge < -0.3 is 4.90 Å². The van der Waals surface area contributed by atoms with Gasteiger partial charge in [-0.25, -0.2) is 9.97 Å². The molecule has 1 aliphatic rings. The smallest absolute Gasteiger partial charge is 0.224 e. The van der Waals surface area contributed by atoms with Gasteiger partial charge >= 0.3 is 0 Å². The lowest BCUT2D eigenvalue weighted by Crippen LogP contribution is -2.34. The second-order valence-electron chi connectivity index (χ2n) is 5.99. The van der Waals surface area contributed by atoms with Crippen LogP contribution in [-0.2, 0) is 6.54 Å². The molecular formula is C16H22N6. The molecule has 1 fully saturated rings. The molecule has 1 atom stereocenters. The molecule has 22 heavy (non-hydrogen) atoms. The van der Waals surface area contributed by atoms with Crippen LogP contribution in [0.2, 0.25) is 0 Å². The second kappa shape index (κ2) is 6.79. The van der Waals surface area contributed by atoms with E-state index >= 15 is 0 Å². The van der Waals surface area contributed by atoms with E-state index in [1.54, 1.807) is 12.4 Å². The van der Waals surface area contributed by atoms with E-state index in [0.717, 1.165) is 36.8 Å². The number of likely N-dealkylation sites (tertiary alicyclic amines) is 1. The maximum absolute atomic E-state index is 4.46. The molecule has 0 saturated carbocycles. The van der Waals surface area contributed by atoms with Gasteiger partial charge in [0.1, 0.15) is 0 Å². The van der Waals surface area contributed by atoms with E-state index in [4.69, 9.17) is 0 Å². The van der Waals surface area contributed by atoms with Gasteiger partial charge in [0.25, 0.3) is 0 Å². The van der Waals surface area contributed by atoms with Crippen molar-refractivity contribution in [3.63, 3.8) is 0 Å². The van der Waals surface area contributed by atoms with Gasteiger partial charge in [-0.05, 0) is 19.4 Å². The van der Waals surface area contributed by atoms with Crippen molar-refractivity contribution in [3.8, 4) is 0 Å². The standard InChI is InChI=1S/C16H22N6/c1-21(2)16-19-8-13(9-20-16)11-22-7-3-4-14(12-22)15-10-17-5-6-18-15/h5-6,8-10,14H,3-4,7,11-12H2,1-2H3/t14-/m0/s1. The number of rotatable bonds is 4. The molecule has 0 radical (unpaired) electrons. The Morgan fingerprint density at radius 2 is 1.95 bits per heavy atom. The van der Waals surface area contributed by atoms with Gasteiger partial charge in [0.05, 0.1) is 5.69 Å². The Balaban J connectivity index is 1.63. The lowest BCUT2D eigenvalue weighted by molar-refractivity contribution is 0.198. The quantitative estimate of drug-likeness (QED) is 0.856. The molecule has 116 valence electrons. The highest BCUT2D eigenvalue weighted by Crippen LogP contribution is 2.25. The first-order valence-corrected chi connectivity index (χ1v) is 7.69. The Hall–Kier alpha value is -2.08. The SMILES string of the molecule is CN(C)c1ncc(CN2CCC[C@H](c3cnccn3)C2)cn1. The predicted octanol–water partition coefficient (Wildman–Crippen LogP) is 1.71. The molecule has 3 heterocycles. The third kappa shape index (κ3) is 3.57. The summed E-state index contributed by atoms with van der Waals surface area (Å²) in [6.07, 6.45) is 11.6. The molecule has 0 amide bonds. The summed E-state index contributed by atoms with van der Waals surface area (Å²) in [6, 6.07) is 0. The summed E-state index contributed by atoms with van der Waals surface area (Å²) in [5.74, 6) is 1.23. The second-order valence-corrected chi connectivity index (χ2v) is 5.99. The molecule has 3 rings (SSSR count). The van der Waals surface area contributed by atoms with Crippen molar-refractivity contribution in [1.29, 1.82) is 0 Å². The van der Waals surface area contributed by atoms with Crippen molar-refractivity contribution in [2.45, 2.75) is 25.3 Å². The van der Waals surface area contributed by atoms with Crippen molar-refractivity contribution in [3.05, 3.63) is 42.2 Å². The Labute approximate surface area is 131 Å². The van der Waals surface area contributed by atoms with Gasteiger partial charge in [0.2, 0.25) is 5.95 Å². The van der Waals surface area contributed by atoms with Crippen LogP contribution in [0.4, 0.5) is 5.95 Å². The largest absolute Gasteiger partial charge is 0.347 e. The fraction of sp³-hybridized carbons (Fsp3) is 0.500. The van der Waals surface area contributed by atoms with Crippen molar-refractivity contribution in [1.82, 2.24) is 24.8 Å². The Morgan fingerprint density at radius 1 is 1.14 bits per heavy atom. The fourth-order valence-corrected chi connectivity index (χ4v) is 2.88. The minimum Gasteiger partial charge on any atom is -0.347 e. The van der Waals surface area contributed by atoms with Crippen LogP contribution < -0.4 is 4.90 Å². The zero-order chi connectivity index (χ0) is 15.4. The molecule has 1 aliphatic heterocycles. The summed E-state index contributed by atoms with van der Waals surface area (Å²) in [7, 11) is 3.90. The van der Waals surface area contributed by atoms with Crippen LogP contribution in [-0.4, -0.2) is 52.0 Å². The molecule has 0 bridgehead atoms. The molecule has 6 nitrogen and oxygen atoms in total. The first-order chi connectivity index (χ1) is 10.7. The van der Waals surface area contributed by atoms with Gasteiger partial charge in [-0.3, -0.25) is 14.9 Å². The summed E-state index contributed by atoms with van der Waals surface area (Å²) in [4.78, 5) is 21.8. The van der Waals surface area contributed by atoms with E-state index in [9.17, 15) is 0 Å². The first-order valence-electron chi connectivity index (χ1n) is 7.69. The maximum atomic E-state index is 4.46. The summed E-state index contributed by atoms with van der Waals surface area (Å²) >= 11 is 0. The van der Waals surface area contributed by atoms with Gasteiger partial charge in [0.15, 0.2) is 0 Å². The van der Waals surface area contributed by atoms with Crippen molar-refractivity contribution < 1.29 is 0 Å². The molecule has 0 N–H and O–H groups in total. The number of hydrogen-bond donors (Lipinski definition) is 0. The molecular weight excluding hydrogens is 276 g/mol. The van der Waals surface area contributed by atoms with E-state index in [1.807, 2.05) is 37.6 Å². The van der Waals surface area contributed by atoms with Gasteiger partial charge in [-0.1, -0.05) is 0 Å². The predicted molar refractivity (Wildman–Crippen MR) is 85.6 cm³/mol. The summed E-state index contributed by atoms with van der Waals surface area (Å²) < 4.78 is 0. The summed E-state index contributed by atoms with van der Waals surface area (Å²) in [5.41, 5.74) is 2.26. The Bertz CT molecular complexity index is 583. The van der Waals surface area contributed by atoms with E-state index in [1.165, 1.54) is 12.8 Å². The third-order valence-corrected chi connectivity index (χ3v) is 4.00. The van der Waals surface area contributed by atoms with Crippen LogP contribution in [0.3, 0.4) is 0 Å². The molecule has 0 aliphatic carbocycles.